The fourth-order valence-corrected chi connectivity index (χ4v) is 2.40. The summed E-state index contributed by atoms with van der Waals surface area (Å²) in [5.74, 6) is -0.235. The van der Waals surface area contributed by atoms with Gasteiger partial charge in [0.2, 0.25) is 5.91 Å². The minimum absolute atomic E-state index is 0.0122. The summed E-state index contributed by atoms with van der Waals surface area (Å²) in [5.41, 5.74) is 4.90. The first-order chi connectivity index (χ1) is 9.52. The molecule has 20 heavy (non-hydrogen) atoms. The van der Waals surface area contributed by atoms with Gasteiger partial charge in [0, 0.05) is 16.9 Å². The maximum atomic E-state index is 12.3. The van der Waals surface area contributed by atoms with Crippen molar-refractivity contribution in [3.05, 3.63) is 46.8 Å². The van der Waals surface area contributed by atoms with Crippen LogP contribution in [-0.4, -0.2) is 16.1 Å². The van der Waals surface area contributed by atoms with Crippen molar-refractivity contribution in [3.63, 3.8) is 0 Å². The van der Waals surface area contributed by atoms with Crippen molar-refractivity contribution < 1.29 is 4.79 Å². The van der Waals surface area contributed by atoms with Crippen LogP contribution in [0.25, 0.3) is 0 Å². The molecule has 2 rings (SSSR count). The molecule has 1 amide bonds. The number of anilines is 1. The number of nitrogens with zero attached hydrogens (tertiary/aromatic N) is 1. The average Bonchev–Trinajstić information content (AvgIpc) is 2.78. The van der Waals surface area contributed by atoms with E-state index in [9.17, 15) is 4.79 Å². The lowest BCUT2D eigenvalue weighted by Gasteiger charge is -2.13. The molecule has 1 aromatic carbocycles. The van der Waals surface area contributed by atoms with E-state index >= 15 is 0 Å². The Hall–Kier alpha value is -2.10. The van der Waals surface area contributed by atoms with Gasteiger partial charge in [0.15, 0.2) is 0 Å². The first-order valence-electron chi connectivity index (χ1n) is 6.94. The van der Waals surface area contributed by atoms with Crippen molar-refractivity contribution >= 4 is 11.6 Å². The van der Waals surface area contributed by atoms with Gasteiger partial charge in [-0.15, -0.1) is 0 Å². The van der Waals surface area contributed by atoms with Crippen molar-refractivity contribution in [1.82, 2.24) is 10.2 Å². The second-order valence-electron chi connectivity index (χ2n) is 5.11. The zero-order valence-corrected chi connectivity index (χ0v) is 12.4. The highest BCUT2D eigenvalue weighted by Gasteiger charge is 2.21. The van der Waals surface area contributed by atoms with Gasteiger partial charge in [-0.25, -0.2) is 0 Å². The quantitative estimate of drug-likeness (QED) is 0.896. The number of hydrogen-bond acceptors (Lipinski definition) is 2. The summed E-state index contributed by atoms with van der Waals surface area (Å²) in [5, 5.41) is 10.0. The third-order valence-corrected chi connectivity index (χ3v) is 3.64. The smallest absolute Gasteiger partial charge is 0.231 e. The number of aryl methyl sites for hydroxylation is 3. The molecule has 2 aromatic rings. The minimum atomic E-state index is -0.223. The minimum Gasteiger partial charge on any atom is -0.326 e. The molecule has 0 unspecified atom stereocenters. The third kappa shape index (κ3) is 2.90. The Bertz CT molecular complexity index is 579. The molecule has 1 heterocycles. The van der Waals surface area contributed by atoms with E-state index in [1.165, 1.54) is 5.56 Å². The van der Waals surface area contributed by atoms with Gasteiger partial charge in [-0.1, -0.05) is 19.1 Å². The number of nitrogens with one attached hydrogen (secondary N) is 2. The van der Waals surface area contributed by atoms with Crippen LogP contribution in [0.2, 0.25) is 0 Å². The van der Waals surface area contributed by atoms with E-state index in [0.717, 1.165) is 29.1 Å². The molecule has 4 heteroatoms. The molecular weight excluding hydrogens is 250 g/mol. The molecule has 1 atom stereocenters. The molecule has 0 radical (unpaired) electrons. The molecule has 0 aliphatic rings. The number of H-pyrrole nitrogens is 1. The Labute approximate surface area is 119 Å². The molecule has 2 N–H and O–H groups in total. The van der Waals surface area contributed by atoms with Gasteiger partial charge in [0.05, 0.1) is 11.6 Å². The number of benzene rings is 1. The average molecular weight is 271 g/mol. The molecule has 0 aliphatic heterocycles. The molecule has 0 saturated carbocycles. The van der Waals surface area contributed by atoms with E-state index in [4.69, 9.17) is 0 Å². The zero-order chi connectivity index (χ0) is 14.7. The van der Waals surface area contributed by atoms with Crippen molar-refractivity contribution in [2.45, 2.75) is 40.0 Å². The van der Waals surface area contributed by atoms with Crippen LogP contribution in [0.15, 0.2) is 24.3 Å². The molecule has 0 fully saturated rings. The maximum Gasteiger partial charge on any atom is 0.231 e. The van der Waals surface area contributed by atoms with Crippen LogP contribution in [0.5, 0.6) is 0 Å². The molecular formula is C16H21N3O. The van der Waals surface area contributed by atoms with Gasteiger partial charge in [-0.2, -0.15) is 5.10 Å². The number of hydrogen-bond donors (Lipinski definition) is 2. The van der Waals surface area contributed by atoms with Gasteiger partial charge in [-0.3, -0.25) is 9.89 Å². The fourth-order valence-electron chi connectivity index (χ4n) is 2.40. The SMILES string of the molecule is CCc1ccc(NC(=O)[C@H](C)c2c(C)n[nH]c2C)cc1. The summed E-state index contributed by atoms with van der Waals surface area (Å²) >= 11 is 0. The van der Waals surface area contributed by atoms with Gasteiger partial charge in [0.1, 0.15) is 0 Å². The zero-order valence-electron chi connectivity index (χ0n) is 12.4. The fraction of sp³-hybridized carbons (Fsp3) is 0.375. The molecule has 0 saturated heterocycles. The monoisotopic (exact) mass is 271 g/mol. The molecule has 4 nitrogen and oxygen atoms in total. The van der Waals surface area contributed by atoms with E-state index in [0.29, 0.717) is 0 Å². The largest absolute Gasteiger partial charge is 0.326 e. The van der Waals surface area contributed by atoms with Crippen LogP contribution in [0, 0.1) is 13.8 Å². The molecule has 0 aliphatic carbocycles. The number of aromatic nitrogens is 2. The Balaban J connectivity index is 2.11. The second-order valence-corrected chi connectivity index (χ2v) is 5.11. The van der Waals surface area contributed by atoms with Crippen LogP contribution in [0.4, 0.5) is 5.69 Å². The van der Waals surface area contributed by atoms with Gasteiger partial charge in [-0.05, 0) is 44.9 Å². The lowest BCUT2D eigenvalue weighted by molar-refractivity contribution is -0.117. The Morgan fingerprint density at radius 2 is 1.95 bits per heavy atom. The van der Waals surface area contributed by atoms with Gasteiger partial charge < -0.3 is 5.32 Å². The Kier molecular flexibility index (Phi) is 4.23. The highest BCUT2D eigenvalue weighted by Crippen LogP contribution is 2.23. The Morgan fingerprint density at radius 3 is 2.45 bits per heavy atom. The summed E-state index contributed by atoms with van der Waals surface area (Å²) in [4.78, 5) is 12.3. The number of amides is 1. The molecule has 0 bridgehead atoms. The van der Waals surface area contributed by atoms with Crippen LogP contribution >= 0.6 is 0 Å². The van der Waals surface area contributed by atoms with E-state index in [1.54, 1.807) is 0 Å². The van der Waals surface area contributed by atoms with Crippen molar-refractivity contribution in [2.75, 3.05) is 5.32 Å². The highest BCUT2D eigenvalue weighted by atomic mass is 16.1. The maximum absolute atomic E-state index is 12.3. The molecule has 106 valence electrons. The van der Waals surface area contributed by atoms with Crippen molar-refractivity contribution in [2.24, 2.45) is 0 Å². The summed E-state index contributed by atoms with van der Waals surface area (Å²) in [7, 11) is 0. The molecule has 1 aromatic heterocycles. The first kappa shape index (κ1) is 14.3. The highest BCUT2D eigenvalue weighted by molar-refractivity contribution is 5.95. The number of rotatable bonds is 4. The van der Waals surface area contributed by atoms with Crippen molar-refractivity contribution in [3.8, 4) is 0 Å². The summed E-state index contributed by atoms with van der Waals surface area (Å²) in [6, 6.07) is 7.96. The predicted molar refractivity (Wildman–Crippen MR) is 80.9 cm³/mol. The number of aromatic amines is 1. The van der Waals surface area contributed by atoms with Crippen LogP contribution in [0.1, 0.15) is 42.3 Å². The lowest BCUT2D eigenvalue weighted by atomic mass is 9.98. The van der Waals surface area contributed by atoms with Crippen LogP contribution < -0.4 is 5.32 Å². The van der Waals surface area contributed by atoms with E-state index < -0.39 is 0 Å². The molecule has 0 spiro atoms. The second kappa shape index (κ2) is 5.90. The predicted octanol–water partition coefficient (Wildman–Crippen LogP) is 3.33. The topological polar surface area (TPSA) is 57.8 Å². The van der Waals surface area contributed by atoms with E-state index in [-0.39, 0.29) is 11.8 Å². The summed E-state index contributed by atoms with van der Waals surface area (Å²) in [6.07, 6.45) is 0.998. The summed E-state index contributed by atoms with van der Waals surface area (Å²) < 4.78 is 0. The number of carbonyl (C=O) groups excluding carboxylic acids is 1. The van der Waals surface area contributed by atoms with Gasteiger partial charge in [0.25, 0.3) is 0 Å². The van der Waals surface area contributed by atoms with E-state index in [1.807, 2.05) is 45.0 Å². The standard InChI is InChI=1S/C16H21N3O/c1-5-13-6-8-14(9-7-13)17-16(20)10(2)15-11(3)18-19-12(15)4/h6-10H,5H2,1-4H3,(H,17,20)(H,18,19)/t10-/m1/s1. The normalized spacial score (nSPS) is 12.2. The number of carbonyl (C=O) groups is 1. The Morgan fingerprint density at radius 1 is 1.30 bits per heavy atom. The summed E-state index contributed by atoms with van der Waals surface area (Å²) in [6.45, 7) is 7.87. The third-order valence-electron chi connectivity index (χ3n) is 3.64. The van der Waals surface area contributed by atoms with E-state index in [2.05, 4.69) is 22.4 Å². The first-order valence-corrected chi connectivity index (χ1v) is 6.94. The lowest BCUT2D eigenvalue weighted by Crippen LogP contribution is -2.19. The van der Waals surface area contributed by atoms with Crippen LogP contribution in [-0.2, 0) is 11.2 Å². The van der Waals surface area contributed by atoms with Crippen molar-refractivity contribution in [1.29, 1.82) is 0 Å². The van der Waals surface area contributed by atoms with Gasteiger partial charge >= 0.3 is 0 Å². The van der Waals surface area contributed by atoms with Crippen LogP contribution in [0.3, 0.4) is 0 Å².